The van der Waals surface area contributed by atoms with Crippen LogP contribution in [0.4, 0.5) is 0 Å². The Morgan fingerprint density at radius 1 is 0.848 bits per heavy atom. The highest BCUT2D eigenvalue weighted by molar-refractivity contribution is 5.86. The number of esters is 3. The molecule has 0 unspecified atom stereocenters. The van der Waals surface area contributed by atoms with Gasteiger partial charge in [-0.25, -0.2) is 9.59 Å². The van der Waals surface area contributed by atoms with E-state index in [0.29, 0.717) is 24.8 Å². The number of hydrogen-bond donors (Lipinski definition) is 2. The highest BCUT2D eigenvalue weighted by Crippen LogP contribution is 2.14. The smallest absolute Gasteiger partial charge is 0.377 e. The second kappa shape index (κ2) is 31.5. The molecule has 46 heavy (non-hydrogen) atoms. The number of methoxy groups -OCH3 is 1. The molecule has 0 fully saturated rings. The van der Waals surface area contributed by atoms with Crippen molar-refractivity contribution in [2.75, 3.05) is 20.3 Å². The highest BCUT2D eigenvalue weighted by atomic mass is 35.5. The van der Waals surface area contributed by atoms with Gasteiger partial charge in [-0.3, -0.25) is 4.79 Å². The van der Waals surface area contributed by atoms with E-state index in [1.54, 1.807) is 40.7 Å². The first-order chi connectivity index (χ1) is 20.5. The van der Waals surface area contributed by atoms with Gasteiger partial charge in [-0.1, -0.05) is 65.7 Å². The molecule has 2 heterocycles. The summed E-state index contributed by atoms with van der Waals surface area (Å²) >= 11 is 0. The van der Waals surface area contributed by atoms with E-state index in [1.807, 2.05) is 41.5 Å². The number of halogens is 2. The average molecular weight is 702 g/mol. The maximum Gasteiger partial charge on any atom is 0.377 e. The van der Waals surface area contributed by atoms with Crippen LogP contribution in [-0.4, -0.2) is 66.3 Å². The number of aromatic nitrogens is 2. The second-order valence-electron chi connectivity index (χ2n) is 10.2. The van der Waals surface area contributed by atoms with Gasteiger partial charge in [0.1, 0.15) is 12.0 Å². The minimum Gasteiger partial charge on any atom is -0.469 e. The van der Waals surface area contributed by atoms with Gasteiger partial charge in [-0.2, -0.15) is 0 Å². The molecule has 16 heteroatoms. The van der Waals surface area contributed by atoms with Crippen LogP contribution in [0.25, 0.3) is 0 Å². The molecule has 14 nitrogen and oxygen atoms in total. The summed E-state index contributed by atoms with van der Waals surface area (Å²) in [6, 6.07) is 2.86. The Balaban J connectivity index is -0.000000159. The van der Waals surface area contributed by atoms with Crippen LogP contribution in [-0.2, 0) is 23.8 Å². The largest absolute Gasteiger partial charge is 0.469 e. The zero-order valence-electron chi connectivity index (χ0n) is 29.0. The van der Waals surface area contributed by atoms with Crippen LogP contribution in [0.5, 0.6) is 0 Å². The molecule has 0 bridgehead atoms. The number of rotatable bonds is 9. The van der Waals surface area contributed by atoms with Gasteiger partial charge in [0.25, 0.3) is 0 Å². The number of carbonyl (C=O) groups excluding carboxylic acids is 4. The number of nitrogens with zero attached hydrogens (tertiary/aromatic N) is 3. The van der Waals surface area contributed by atoms with Crippen molar-refractivity contribution >= 4 is 55.2 Å². The summed E-state index contributed by atoms with van der Waals surface area (Å²) < 4.78 is 23.4. The molecule has 3 N–H and O–H groups in total. The molecule has 2 aromatic heterocycles. The van der Waals surface area contributed by atoms with Crippen LogP contribution in [0.15, 0.2) is 26.3 Å². The number of aldehydes is 1. The third kappa shape index (κ3) is 28.0. The molecule has 0 aliphatic rings. The summed E-state index contributed by atoms with van der Waals surface area (Å²) in [4.78, 5) is 42.0. The molecule has 0 amide bonds. The van der Waals surface area contributed by atoms with E-state index < -0.39 is 11.9 Å². The van der Waals surface area contributed by atoms with Crippen molar-refractivity contribution in [3.8, 4) is 0 Å². The van der Waals surface area contributed by atoms with Crippen molar-refractivity contribution in [3.63, 3.8) is 0 Å². The lowest BCUT2D eigenvalue weighted by Gasteiger charge is -1.97. The zero-order valence-corrected chi connectivity index (χ0v) is 30.6. The van der Waals surface area contributed by atoms with Gasteiger partial charge in [-0.15, -0.1) is 30.0 Å². The highest BCUT2D eigenvalue weighted by Gasteiger charge is 2.16. The molecule has 1 atom stereocenters. The molecule has 0 spiro atoms. The first-order valence-corrected chi connectivity index (χ1v) is 14.3. The quantitative estimate of drug-likeness (QED) is 0.0721. The Kier molecular flexibility index (Phi) is 35.6. The molecule has 0 saturated heterocycles. The fourth-order valence-corrected chi connectivity index (χ4v) is 2.03. The van der Waals surface area contributed by atoms with E-state index in [4.69, 9.17) is 29.5 Å². The van der Waals surface area contributed by atoms with Gasteiger partial charge < -0.3 is 39.0 Å². The van der Waals surface area contributed by atoms with Crippen molar-refractivity contribution in [2.24, 2.45) is 28.6 Å². The minimum absolute atomic E-state index is 0. The van der Waals surface area contributed by atoms with Crippen molar-refractivity contribution in [2.45, 2.75) is 88.1 Å². The van der Waals surface area contributed by atoms with Crippen LogP contribution in [0.3, 0.4) is 0 Å². The van der Waals surface area contributed by atoms with Gasteiger partial charge in [0.2, 0.25) is 11.5 Å². The van der Waals surface area contributed by atoms with Gasteiger partial charge in [0.05, 0.1) is 31.9 Å². The van der Waals surface area contributed by atoms with E-state index in [-0.39, 0.29) is 66.1 Å². The summed E-state index contributed by atoms with van der Waals surface area (Å²) in [7, 11) is 1.39. The molecular weight excluding hydrogens is 647 g/mol. The Labute approximate surface area is 284 Å². The minimum atomic E-state index is -0.512. The van der Waals surface area contributed by atoms with Crippen LogP contribution < -0.4 is 5.73 Å². The monoisotopic (exact) mass is 700 g/mol. The number of carbonyl (C=O) groups is 4. The number of ether oxygens (including phenoxy) is 3. The SMILES string of the molecule is CC(C)C=NO.CC(C)C=O.CCOC(=O)c1cc(C(C)C)no1.CCOC(=O)c1cc([C@@H](C)N)no1.COC(=O)C(C)C.Cl.Cl. The van der Waals surface area contributed by atoms with E-state index >= 15 is 0 Å². The lowest BCUT2D eigenvalue weighted by atomic mass is 10.1. The number of nitrogens with two attached hydrogens (primary N) is 1. The van der Waals surface area contributed by atoms with Gasteiger partial charge in [0.15, 0.2) is 0 Å². The molecule has 2 aromatic rings. The summed E-state index contributed by atoms with van der Waals surface area (Å²) in [5.41, 5.74) is 6.84. The third-order valence-electron chi connectivity index (χ3n) is 4.38. The summed E-state index contributed by atoms with van der Waals surface area (Å²) in [5.74, 6) is -0.0366. The van der Waals surface area contributed by atoms with Crippen molar-refractivity contribution in [1.29, 1.82) is 0 Å². The number of oxime groups is 1. The maximum absolute atomic E-state index is 11.1. The van der Waals surface area contributed by atoms with Crippen LogP contribution >= 0.6 is 24.8 Å². The molecule has 2 rings (SSSR count). The fraction of sp³-hybridized carbons (Fsp3) is 0.633. The maximum atomic E-state index is 11.1. The van der Waals surface area contributed by atoms with Crippen molar-refractivity contribution in [3.05, 3.63) is 35.0 Å². The Morgan fingerprint density at radius 2 is 1.24 bits per heavy atom. The molecular formula is C30H54Cl2N4O10. The van der Waals surface area contributed by atoms with Gasteiger partial charge in [-0.05, 0) is 32.6 Å². The Hall–Kier alpha value is -3.49. The van der Waals surface area contributed by atoms with Crippen molar-refractivity contribution < 1.29 is 47.6 Å². The Morgan fingerprint density at radius 3 is 1.41 bits per heavy atom. The van der Waals surface area contributed by atoms with Crippen LogP contribution in [0, 0.1) is 17.8 Å². The predicted octanol–water partition coefficient (Wildman–Crippen LogP) is 6.45. The molecule has 0 aliphatic heterocycles. The molecule has 0 aromatic carbocycles. The molecule has 0 radical (unpaired) electrons. The Bertz CT molecular complexity index is 1030. The lowest BCUT2D eigenvalue weighted by Crippen LogP contribution is -2.07. The topological polar surface area (TPSA) is 207 Å². The van der Waals surface area contributed by atoms with Crippen LogP contribution in [0.2, 0.25) is 0 Å². The average Bonchev–Trinajstić information content (AvgIpc) is 3.65. The first kappa shape index (κ1) is 52.1. The summed E-state index contributed by atoms with van der Waals surface area (Å²) in [6.07, 6.45) is 2.39. The lowest BCUT2D eigenvalue weighted by molar-refractivity contribution is -0.144. The van der Waals surface area contributed by atoms with E-state index in [9.17, 15) is 19.2 Å². The summed E-state index contributed by atoms with van der Waals surface area (Å²) in [6.45, 7) is 21.0. The normalized spacial score (nSPS) is 10.3. The molecule has 0 aliphatic carbocycles. The predicted molar refractivity (Wildman–Crippen MR) is 179 cm³/mol. The van der Waals surface area contributed by atoms with E-state index in [0.717, 1.165) is 12.0 Å². The first-order valence-electron chi connectivity index (χ1n) is 14.3. The third-order valence-corrected chi connectivity index (χ3v) is 4.38. The van der Waals surface area contributed by atoms with Gasteiger partial charge >= 0.3 is 17.9 Å². The summed E-state index contributed by atoms with van der Waals surface area (Å²) in [5, 5.41) is 18.0. The van der Waals surface area contributed by atoms with E-state index in [2.05, 4.69) is 20.2 Å². The number of hydrogen-bond acceptors (Lipinski definition) is 14. The van der Waals surface area contributed by atoms with Crippen molar-refractivity contribution in [1.82, 2.24) is 10.3 Å². The fourth-order valence-electron chi connectivity index (χ4n) is 2.03. The van der Waals surface area contributed by atoms with Crippen LogP contribution in [0.1, 0.15) is 121 Å². The molecule has 268 valence electrons. The standard InChI is InChI=1S/C9H13NO3.C8H12N2O3.C5H10O2.C4H9NO.C4H8O.2ClH/c1-4-12-9(11)8-5-7(6(2)3)10-13-8;1-3-12-8(11)7-4-6(5(2)9)10-13-7;1-4(2)5(6)7-3;1-4(2)3-5-6;1-4(2)3-5;;/h5-6H,4H2,1-3H3;4-5H,3,9H2,1-2H3;4H,1-3H3;3-4,6H,1-2H3;3-4H,1-2H3;2*1H/t;5-;;;;;/m.1...../s1. The molecule has 0 saturated carbocycles. The van der Waals surface area contributed by atoms with E-state index in [1.165, 1.54) is 19.4 Å². The zero-order chi connectivity index (χ0) is 34.8. The van der Waals surface area contributed by atoms with Gasteiger partial charge in [0, 0.05) is 30.3 Å². The second-order valence-corrected chi connectivity index (χ2v) is 10.2.